The molecule has 0 aliphatic carbocycles. The Morgan fingerprint density at radius 2 is 0.792 bits per heavy atom. The lowest BCUT2D eigenvalue weighted by Gasteiger charge is -2.26. The van der Waals surface area contributed by atoms with Crippen molar-refractivity contribution in [3.8, 4) is 0 Å². The number of hydrogen-bond donors (Lipinski definition) is 0. The van der Waals surface area contributed by atoms with Crippen molar-refractivity contribution in [1.29, 1.82) is 0 Å². The van der Waals surface area contributed by atoms with Crippen LogP contribution in [0.15, 0.2) is 195 Å². The number of benzene rings is 8. The van der Waals surface area contributed by atoms with Gasteiger partial charge in [-0.3, -0.25) is 0 Å². The lowest BCUT2D eigenvalue weighted by Crippen LogP contribution is -2.09. The molecule has 0 aliphatic rings. The molecule has 0 saturated heterocycles. The fourth-order valence-electron chi connectivity index (χ4n) is 7.79. The maximum atomic E-state index is 6.50. The normalized spacial score (nSPS) is 11.8. The molecule has 11 aromatic rings. The largest absolute Gasteiger partial charge is 0.456 e. The van der Waals surface area contributed by atoms with E-state index < -0.39 is 0 Å². The van der Waals surface area contributed by atoms with Gasteiger partial charge in [-0.2, -0.15) is 0 Å². The van der Waals surface area contributed by atoms with Crippen LogP contribution in [-0.4, -0.2) is 0 Å². The standard InChI is InChI=1S/C48H30N2O3/c1-3-13-33(14-4-1)49(35-20-19-31-11-7-8-12-32(31)27-35)36-23-26-44-42(28-36)47-41-25-22-38(30-46(41)53-48(47)52-44)50(34-15-5-2-6-16-34)37-21-24-40-39-17-9-10-18-43(39)51-45(40)29-37/h1-30H. The van der Waals surface area contributed by atoms with E-state index in [0.29, 0.717) is 5.78 Å². The summed E-state index contributed by atoms with van der Waals surface area (Å²) in [6, 6.07) is 63.3. The van der Waals surface area contributed by atoms with Crippen LogP contribution >= 0.6 is 0 Å². The Bertz CT molecular complexity index is 3140. The van der Waals surface area contributed by atoms with Gasteiger partial charge in [0.05, 0.1) is 5.39 Å². The van der Waals surface area contributed by atoms with E-state index in [2.05, 4.69) is 155 Å². The summed E-state index contributed by atoms with van der Waals surface area (Å²) in [5.41, 5.74) is 9.43. The quantitative estimate of drug-likeness (QED) is 0.175. The first-order valence-corrected chi connectivity index (χ1v) is 17.7. The van der Waals surface area contributed by atoms with Crippen LogP contribution < -0.4 is 9.80 Å². The summed E-state index contributed by atoms with van der Waals surface area (Å²) in [6.45, 7) is 0. The molecule has 53 heavy (non-hydrogen) atoms. The minimum atomic E-state index is 0.510. The van der Waals surface area contributed by atoms with Crippen molar-refractivity contribution in [3.63, 3.8) is 0 Å². The lowest BCUT2D eigenvalue weighted by molar-refractivity contribution is 0.524. The van der Waals surface area contributed by atoms with Gasteiger partial charge < -0.3 is 23.1 Å². The van der Waals surface area contributed by atoms with Gasteiger partial charge >= 0.3 is 0 Å². The summed E-state index contributed by atoms with van der Waals surface area (Å²) in [5, 5.41) is 7.57. The molecule has 5 nitrogen and oxygen atoms in total. The van der Waals surface area contributed by atoms with Crippen LogP contribution in [-0.2, 0) is 0 Å². The molecule has 250 valence electrons. The molecule has 0 amide bonds. The molecule has 0 N–H and O–H groups in total. The minimum Gasteiger partial charge on any atom is -0.456 e. The zero-order valence-corrected chi connectivity index (χ0v) is 28.4. The van der Waals surface area contributed by atoms with E-state index in [9.17, 15) is 0 Å². The van der Waals surface area contributed by atoms with E-state index in [-0.39, 0.29) is 0 Å². The molecule has 0 bridgehead atoms. The highest BCUT2D eigenvalue weighted by Crippen LogP contribution is 2.44. The van der Waals surface area contributed by atoms with Crippen molar-refractivity contribution < 1.29 is 13.3 Å². The molecule has 0 saturated carbocycles. The predicted molar refractivity (Wildman–Crippen MR) is 218 cm³/mol. The van der Waals surface area contributed by atoms with Crippen LogP contribution in [0.4, 0.5) is 34.1 Å². The summed E-state index contributed by atoms with van der Waals surface area (Å²) in [7, 11) is 0. The van der Waals surface area contributed by atoms with Gasteiger partial charge in [0.15, 0.2) is 0 Å². The van der Waals surface area contributed by atoms with Crippen molar-refractivity contribution >= 4 is 99.9 Å². The smallest absolute Gasteiger partial charge is 0.299 e. The highest BCUT2D eigenvalue weighted by atomic mass is 16.5. The average molecular weight is 683 g/mol. The van der Waals surface area contributed by atoms with Crippen molar-refractivity contribution in [2.75, 3.05) is 9.80 Å². The zero-order chi connectivity index (χ0) is 34.9. The molecule has 5 heteroatoms. The lowest BCUT2D eigenvalue weighted by atomic mass is 10.1. The van der Waals surface area contributed by atoms with Crippen LogP contribution in [0.25, 0.3) is 65.8 Å². The Morgan fingerprint density at radius 1 is 0.283 bits per heavy atom. The highest BCUT2D eigenvalue weighted by Gasteiger charge is 2.22. The molecule has 0 radical (unpaired) electrons. The summed E-state index contributed by atoms with van der Waals surface area (Å²) in [4.78, 5) is 4.52. The molecule has 3 aromatic heterocycles. The third kappa shape index (κ3) is 4.79. The zero-order valence-electron chi connectivity index (χ0n) is 28.4. The molecule has 0 spiro atoms. The SMILES string of the molecule is c1ccc(N(c2ccc3c(c2)oc2ccccc23)c2ccc3c(c2)oc2oc4ccc(N(c5ccccc5)c5ccc6ccccc6c5)cc4c23)cc1. The van der Waals surface area contributed by atoms with Crippen molar-refractivity contribution in [2.24, 2.45) is 0 Å². The second-order valence-corrected chi connectivity index (χ2v) is 13.4. The second-order valence-electron chi connectivity index (χ2n) is 13.4. The summed E-state index contributed by atoms with van der Waals surface area (Å²) < 4.78 is 19.2. The van der Waals surface area contributed by atoms with E-state index in [1.807, 2.05) is 36.4 Å². The summed E-state index contributed by atoms with van der Waals surface area (Å²) in [6.07, 6.45) is 0. The first kappa shape index (κ1) is 29.5. The van der Waals surface area contributed by atoms with Crippen LogP contribution in [0.3, 0.4) is 0 Å². The van der Waals surface area contributed by atoms with Gasteiger partial charge in [-0.15, -0.1) is 0 Å². The van der Waals surface area contributed by atoms with E-state index >= 15 is 0 Å². The maximum absolute atomic E-state index is 6.50. The van der Waals surface area contributed by atoms with Gasteiger partial charge in [0, 0.05) is 67.8 Å². The summed E-state index contributed by atoms with van der Waals surface area (Å²) >= 11 is 0. The molecular weight excluding hydrogens is 653 g/mol. The van der Waals surface area contributed by atoms with Crippen LogP contribution in [0.5, 0.6) is 0 Å². The Kier molecular flexibility index (Phi) is 6.48. The Balaban J connectivity index is 1.05. The average Bonchev–Trinajstić information content (AvgIpc) is 3.88. The van der Waals surface area contributed by atoms with Gasteiger partial charge in [-0.1, -0.05) is 84.9 Å². The molecule has 0 fully saturated rings. The maximum Gasteiger partial charge on any atom is 0.299 e. The van der Waals surface area contributed by atoms with Crippen molar-refractivity contribution in [1.82, 2.24) is 0 Å². The number of hydrogen-bond acceptors (Lipinski definition) is 5. The number of rotatable bonds is 6. The van der Waals surface area contributed by atoms with Gasteiger partial charge in [0.25, 0.3) is 5.78 Å². The van der Waals surface area contributed by atoms with E-state index in [0.717, 1.165) is 83.4 Å². The van der Waals surface area contributed by atoms with Crippen molar-refractivity contribution in [2.45, 2.75) is 0 Å². The van der Waals surface area contributed by atoms with E-state index in [4.69, 9.17) is 13.3 Å². The predicted octanol–water partition coefficient (Wildman–Crippen LogP) is 14.3. The molecular formula is C48H30N2O3. The second kappa shape index (κ2) is 11.7. The molecule has 0 unspecified atom stereocenters. The van der Waals surface area contributed by atoms with Gasteiger partial charge in [-0.05, 0) is 95.7 Å². The van der Waals surface area contributed by atoms with Gasteiger partial charge in [0.2, 0.25) is 0 Å². The Hall–Kier alpha value is -7.24. The van der Waals surface area contributed by atoms with Crippen molar-refractivity contribution in [3.05, 3.63) is 182 Å². The number of nitrogens with zero attached hydrogens (tertiary/aromatic N) is 2. The molecule has 11 rings (SSSR count). The fraction of sp³-hybridized carbons (Fsp3) is 0. The van der Waals surface area contributed by atoms with E-state index in [1.165, 1.54) is 10.8 Å². The highest BCUT2D eigenvalue weighted by molar-refractivity contribution is 6.18. The minimum absolute atomic E-state index is 0.510. The van der Waals surface area contributed by atoms with E-state index in [1.54, 1.807) is 0 Å². The Labute approximate surface area is 304 Å². The number of fused-ring (bicyclic) bond motifs is 9. The molecule has 8 aromatic carbocycles. The number of furan rings is 3. The first-order valence-electron chi connectivity index (χ1n) is 17.7. The monoisotopic (exact) mass is 682 g/mol. The molecule has 0 aliphatic heterocycles. The van der Waals surface area contributed by atoms with Gasteiger partial charge in [-0.25, -0.2) is 0 Å². The topological polar surface area (TPSA) is 45.9 Å². The Morgan fingerprint density at radius 3 is 1.55 bits per heavy atom. The van der Waals surface area contributed by atoms with Crippen LogP contribution in [0.2, 0.25) is 0 Å². The molecule has 3 heterocycles. The third-order valence-corrected chi connectivity index (χ3v) is 10.2. The number of anilines is 6. The first-order chi connectivity index (χ1) is 26.2. The molecule has 0 atom stereocenters. The van der Waals surface area contributed by atoms with Gasteiger partial charge in [0.1, 0.15) is 22.3 Å². The van der Waals surface area contributed by atoms with Crippen LogP contribution in [0, 0.1) is 0 Å². The number of para-hydroxylation sites is 3. The fourth-order valence-corrected chi connectivity index (χ4v) is 7.79. The summed E-state index contributed by atoms with van der Waals surface area (Å²) in [5.74, 6) is 0.510. The van der Waals surface area contributed by atoms with Crippen LogP contribution in [0.1, 0.15) is 0 Å². The third-order valence-electron chi connectivity index (χ3n) is 10.2.